The predicted octanol–water partition coefficient (Wildman–Crippen LogP) is 6.51. The fourth-order valence-corrected chi connectivity index (χ4v) is 5.73. The molecule has 2 aromatic carbocycles. The quantitative estimate of drug-likeness (QED) is 0.163. The van der Waals surface area contributed by atoms with Gasteiger partial charge in [-0.3, -0.25) is 4.79 Å². The summed E-state index contributed by atoms with van der Waals surface area (Å²) in [6.07, 6.45) is 5.61. The number of carbonyl (C=O) groups is 1. The number of aliphatic carboxylic acids is 1. The maximum absolute atomic E-state index is 15.2. The number of ether oxygens (including phenoxy) is 2. The monoisotopic (exact) mass is 581 g/mol. The number of nitrogens with one attached hydrogen (secondary N) is 2. The molecule has 0 radical (unpaired) electrons. The molecule has 4 aromatic rings. The molecule has 1 fully saturated rings. The largest absolute Gasteiger partial charge is 0.481 e. The summed E-state index contributed by atoms with van der Waals surface area (Å²) < 4.78 is 70.5. The average Bonchev–Trinajstić information content (AvgIpc) is 3.70. The van der Waals surface area contributed by atoms with E-state index in [4.69, 9.17) is 14.6 Å². The molecule has 7 nitrogen and oxygen atoms in total. The van der Waals surface area contributed by atoms with E-state index in [1.807, 2.05) is 24.3 Å². The Bertz CT molecular complexity index is 1720. The number of imidazole rings is 1. The number of benzene rings is 2. The second kappa shape index (κ2) is 11.1. The van der Waals surface area contributed by atoms with Crippen molar-refractivity contribution < 1.29 is 36.9 Å². The molecule has 2 aliphatic rings. The summed E-state index contributed by atoms with van der Waals surface area (Å²) >= 11 is 0. The van der Waals surface area contributed by atoms with Crippen molar-refractivity contribution >= 4 is 22.4 Å². The number of aromatic amines is 2. The molecule has 1 atom stereocenters. The highest BCUT2D eigenvalue weighted by molar-refractivity contribution is 5.82. The average molecular weight is 582 g/mol. The first-order valence-corrected chi connectivity index (χ1v) is 13.6. The summed E-state index contributed by atoms with van der Waals surface area (Å²) in [5.41, 5.74) is 1.87. The fourth-order valence-electron chi connectivity index (χ4n) is 5.73. The number of carboxylic acid groups (broad SMARTS) is 1. The Morgan fingerprint density at radius 3 is 2.74 bits per heavy atom. The molecule has 3 N–H and O–H groups in total. The molecule has 1 aliphatic heterocycles. The summed E-state index contributed by atoms with van der Waals surface area (Å²) in [6, 6.07) is 9.02. The highest BCUT2D eigenvalue weighted by atomic mass is 19.2. The zero-order valence-corrected chi connectivity index (χ0v) is 22.4. The van der Waals surface area contributed by atoms with Crippen LogP contribution in [0.2, 0.25) is 0 Å². The van der Waals surface area contributed by atoms with Gasteiger partial charge in [0, 0.05) is 60.5 Å². The van der Waals surface area contributed by atoms with Crippen LogP contribution < -0.4 is 4.74 Å². The highest BCUT2D eigenvalue weighted by Gasteiger charge is 2.39. The lowest BCUT2D eigenvalue weighted by Crippen LogP contribution is -2.35. The van der Waals surface area contributed by atoms with Crippen LogP contribution in [0.1, 0.15) is 48.3 Å². The number of fused-ring (bicyclic) bond motifs is 1. The van der Waals surface area contributed by atoms with Crippen molar-refractivity contribution in [3.63, 3.8) is 0 Å². The van der Waals surface area contributed by atoms with Gasteiger partial charge in [-0.25, -0.2) is 18.2 Å². The molecular formula is C31H27F4N3O4. The third-order valence-corrected chi connectivity index (χ3v) is 7.99. The van der Waals surface area contributed by atoms with Crippen LogP contribution >= 0.6 is 0 Å². The first-order chi connectivity index (χ1) is 20.3. The molecule has 1 unspecified atom stereocenters. The van der Waals surface area contributed by atoms with Gasteiger partial charge >= 0.3 is 5.97 Å². The van der Waals surface area contributed by atoms with Crippen molar-refractivity contribution in [2.45, 2.75) is 43.7 Å². The molecule has 2 aromatic heterocycles. The lowest BCUT2D eigenvalue weighted by molar-refractivity contribution is -0.136. The van der Waals surface area contributed by atoms with Crippen LogP contribution in [0.4, 0.5) is 17.6 Å². The van der Waals surface area contributed by atoms with E-state index in [2.05, 4.69) is 15.0 Å². The Kier molecular flexibility index (Phi) is 7.36. The van der Waals surface area contributed by atoms with Gasteiger partial charge in [0.1, 0.15) is 17.8 Å². The number of aromatic nitrogens is 3. The van der Waals surface area contributed by atoms with Gasteiger partial charge in [-0.2, -0.15) is 4.39 Å². The fraction of sp³-hybridized carbons (Fsp3) is 0.290. The molecule has 218 valence electrons. The van der Waals surface area contributed by atoms with Gasteiger partial charge in [-0.05, 0) is 48.6 Å². The Hall–Kier alpha value is -4.38. The third-order valence-electron chi connectivity index (χ3n) is 7.99. The number of alkyl halides is 1. The van der Waals surface area contributed by atoms with Crippen LogP contribution in [-0.4, -0.2) is 45.4 Å². The zero-order valence-electron chi connectivity index (χ0n) is 22.4. The number of aryl methyl sites for hydroxylation is 1. The molecule has 0 bridgehead atoms. The summed E-state index contributed by atoms with van der Waals surface area (Å²) in [7, 11) is 0. The van der Waals surface area contributed by atoms with Gasteiger partial charge in [0.05, 0.1) is 5.52 Å². The van der Waals surface area contributed by atoms with E-state index in [1.165, 1.54) is 24.4 Å². The van der Waals surface area contributed by atoms with Gasteiger partial charge in [-0.1, -0.05) is 24.3 Å². The van der Waals surface area contributed by atoms with E-state index < -0.39 is 40.8 Å². The van der Waals surface area contributed by atoms with Crippen molar-refractivity contribution in [1.29, 1.82) is 0 Å². The Labute approximate surface area is 237 Å². The normalized spacial score (nSPS) is 18.5. The van der Waals surface area contributed by atoms with Gasteiger partial charge in [-0.15, -0.1) is 0 Å². The number of carboxylic acids is 1. The number of rotatable bonds is 8. The van der Waals surface area contributed by atoms with Gasteiger partial charge in [0.2, 0.25) is 11.6 Å². The minimum absolute atomic E-state index is 0.0111. The first-order valence-electron chi connectivity index (χ1n) is 13.6. The summed E-state index contributed by atoms with van der Waals surface area (Å²) in [5, 5.41) is 8.94. The highest BCUT2D eigenvalue weighted by Crippen LogP contribution is 2.42. The summed E-state index contributed by atoms with van der Waals surface area (Å²) in [5.74, 6) is -5.45. The molecule has 1 aliphatic carbocycles. The maximum atomic E-state index is 15.2. The molecule has 11 heteroatoms. The van der Waals surface area contributed by atoms with Crippen molar-refractivity contribution in [3.8, 4) is 5.75 Å². The molecule has 0 amide bonds. The Morgan fingerprint density at radius 1 is 1.14 bits per heavy atom. The lowest BCUT2D eigenvalue weighted by Gasteiger charge is -2.37. The SMILES string of the molecule is O=C(O)CCc1cccc(C2(c3cnc(C4=CC(Oc5c(F)c(F)c6[nH]ccc6c5F)=CCC4F)[nH]3)CCOCC2)c1. The number of allylic oxidation sites excluding steroid dienone is 3. The number of nitrogens with zero attached hydrogens (tertiary/aromatic N) is 1. The van der Waals surface area contributed by atoms with Crippen molar-refractivity contribution in [3.05, 3.63) is 101 Å². The maximum Gasteiger partial charge on any atom is 0.303 e. The number of H-pyrrole nitrogens is 2. The van der Waals surface area contributed by atoms with E-state index in [0.29, 0.717) is 32.5 Å². The van der Waals surface area contributed by atoms with Crippen LogP contribution in [0.5, 0.6) is 5.75 Å². The van der Waals surface area contributed by atoms with E-state index in [0.717, 1.165) is 16.8 Å². The van der Waals surface area contributed by atoms with Gasteiger partial charge < -0.3 is 24.5 Å². The molecule has 3 heterocycles. The van der Waals surface area contributed by atoms with Crippen LogP contribution in [0.15, 0.2) is 60.6 Å². The van der Waals surface area contributed by atoms with Crippen LogP contribution in [0.3, 0.4) is 0 Å². The Balaban J connectivity index is 1.32. The topological polar surface area (TPSA) is 100 Å². The van der Waals surface area contributed by atoms with E-state index in [9.17, 15) is 18.0 Å². The van der Waals surface area contributed by atoms with Crippen molar-refractivity contribution in [2.24, 2.45) is 0 Å². The van der Waals surface area contributed by atoms with Crippen LogP contribution in [-0.2, 0) is 21.4 Å². The Morgan fingerprint density at radius 2 is 1.95 bits per heavy atom. The minimum Gasteiger partial charge on any atom is -0.481 e. The van der Waals surface area contributed by atoms with E-state index >= 15 is 4.39 Å². The number of halogens is 4. The molecule has 1 saturated heterocycles. The molecular weight excluding hydrogens is 554 g/mol. The van der Waals surface area contributed by atoms with Gasteiger partial charge in [0.15, 0.2) is 11.6 Å². The minimum atomic E-state index is -1.49. The smallest absolute Gasteiger partial charge is 0.303 e. The molecule has 0 spiro atoms. The summed E-state index contributed by atoms with van der Waals surface area (Å²) in [6.45, 7) is 0.976. The van der Waals surface area contributed by atoms with E-state index in [-0.39, 0.29) is 40.9 Å². The number of hydrogen-bond acceptors (Lipinski definition) is 4. The van der Waals surface area contributed by atoms with E-state index in [1.54, 1.807) is 6.20 Å². The summed E-state index contributed by atoms with van der Waals surface area (Å²) in [4.78, 5) is 21.3. The standard InChI is InChI=1S/C31H27F4N3O4/c32-22-6-5-19(42-29-25(33)20-8-11-36-28(20)26(34)27(29)35)15-21(22)30-37-16-23(38-30)31(9-12-41-13-10-31)18-3-1-2-17(14-18)4-7-24(39)40/h1-3,5,8,11,14-16,22,36H,4,6-7,9-10,12-13H2,(H,37,38)(H,39,40). The molecule has 6 rings (SSSR count). The molecule has 0 saturated carbocycles. The lowest BCUT2D eigenvalue weighted by atomic mass is 9.71. The number of hydrogen-bond donors (Lipinski definition) is 3. The second-order valence-corrected chi connectivity index (χ2v) is 10.5. The van der Waals surface area contributed by atoms with Crippen LogP contribution in [0, 0.1) is 17.5 Å². The third kappa shape index (κ3) is 4.98. The van der Waals surface area contributed by atoms with Crippen molar-refractivity contribution in [2.75, 3.05) is 13.2 Å². The molecule has 42 heavy (non-hydrogen) atoms. The first kappa shape index (κ1) is 27.8. The van der Waals surface area contributed by atoms with Gasteiger partial charge in [0.25, 0.3) is 0 Å². The van der Waals surface area contributed by atoms with Crippen LogP contribution in [0.25, 0.3) is 16.5 Å². The predicted molar refractivity (Wildman–Crippen MR) is 146 cm³/mol. The second-order valence-electron chi connectivity index (χ2n) is 10.5. The zero-order chi connectivity index (χ0) is 29.4. The van der Waals surface area contributed by atoms with Crippen molar-refractivity contribution in [1.82, 2.24) is 15.0 Å².